The van der Waals surface area contributed by atoms with Gasteiger partial charge in [0.25, 0.3) is 5.91 Å². The van der Waals surface area contributed by atoms with E-state index in [4.69, 9.17) is 0 Å². The Morgan fingerprint density at radius 3 is 3.00 bits per heavy atom. The second kappa shape index (κ2) is 4.29. The van der Waals surface area contributed by atoms with E-state index in [1.54, 1.807) is 42.9 Å². The van der Waals surface area contributed by atoms with Crippen LogP contribution >= 0.6 is 0 Å². The molecule has 0 aliphatic heterocycles. The minimum atomic E-state index is -0.167. The number of carbonyl (C=O) groups is 1. The summed E-state index contributed by atoms with van der Waals surface area (Å²) in [6.07, 6.45) is 4.98. The Labute approximate surface area is 103 Å². The molecule has 0 bridgehead atoms. The second-order valence-electron chi connectivity index (χ2n) is 3.87. The van der Waals surface area contributed by atoms with Crippen molar-refractivity contribution in [3.05, 3.63) is 54.5 Å². The van der Waals surface area contributed by atoms with E-state index < -0.39 is 0 Å². The number of aromatic amines is 1. The van der Waals surface area contributed by atoms with Crippen LogP contribution in [0.3, 0.4) is 0 Å². The van der Waals surface area contributed by atoms with Crippen LogP contribution in [-0.4, -0.2) is 21.1 Å². The number of pyridine rings is 1. The number of rotatable bonds is 2. The first-order chi connectivity index (χ1) is 8.83. The van der Waals surface area contributed by atoms with Crippen LogP contribution in [0, 0.1) is 0 Å². The molecule has 0 unspecified atom stereocenters. The van der Waals surface area contributed by atoms with Crippen molar-refractivity contribution in [2.75, 3.05) is 5.32 Å². The maximum Gasteiger partial charge on any atom is 0.255 e. The second-order valence-corrected chi connectivity index (χ2v) is 3.87. The molecule has 1 aromatic carbocycles. The lowest BCUT2D eigenvalue weighted by atomic mass is 10.1. The largest absolute Gasteiger partial charge is 0.321 e. The molecule has 5 nitrogen and oxygen atoms in total. The first-order valence-electron chi connectivity index (χ1n) is 5.47. The van der Waals surface area contributed by atoms with Gasteiger partial charge in [0.05, 0.1) is 23.6 Å². The standard InChI is InChI=1S/C13H10N4O/c18-13(16-11-2-1-5-14-8-11)9-3-4-10-7-15-17-12(10)6-9/h1-8H,(H,15,17)(H,16,18). The molecule has 0 saturated carbocycles. The third kappa shape index (κ3) is 1.93. The van der Waals surface area contributed by atoms with Gasteiger partial charge in [0.2, 0.25) is 0 Å². The predicted molar refractivity (Wildman–Crippen MR) is 68.3 cm³/mol. The molecule has 2 aromatic heterocycles. The average Bonchev–Trinajstić information content (AvgIpc) is 2.87. The van der Waals surface area contributed by atoms with Gasteiger partial charge in [-0.3, -0.25) is 14.9 Å². The van der Waals surface area contributed by atoms with Gasteiger partial charge >= 0.3 is 0 Å². The molecule has 0 fully saturated rings. The fourth-order valence-corrected chi connectivity index (χ4v) is 1.72. The monoisotopic (exact) mass is 238 g/mol. The van der Waals surface area contributed by atoms with Crippen LogP contribution in [0.5, 0.6) is 0 Å². The molecule has 88 valence electrons. The molecule has 0 atom stereocenters. The van der Waals surface area contributed by atoms with Crippen LogP contribution in [0.25, 0.3) is 10.9 Å². The number of carbonyl (C=O) groups excluding carboxylic acids is 1. The summed E-state index contributed by atoms with van der Waals surface area (Å²) in [6, 6.07) is 8.96. The molecule has 0 saturated heterocycles. The van der Waals surface area contributed by atoms with E-state index in [9.17, 15) is 4.79 Å². The van der Waals surface area contributed by atoms with E-state index in [1.807, 2.05) is 6.07 Å². The van der Waals surface area contributed by atoms with Gasteiger partial charge in [0.15, 0.2) is 0 Å². The highest BCUT2D eigenvalue weighted by Gasteiger charge is 2.07. The molecule has 18 heavy (non-hydrogen) atoms. The number of hydrogen-bond donors (Lipinski definition) is 2. The number of anilines is 1. The molecule has 1 amide bonds. The molecular weight excluding hydrogens is 228 g/mol. The van der Waals surface area contributed by atoms with E-state index in [0.717, 1.165) is 10.9 Å². The molecule has 0 aliphatic carbocycles. The van der Waals surface area contributed by atoms with Crippen molar-refractivity contribution in [2.24, 2.45) is 0 Å². The minimum absolute atomic E-state index is 0.167. The zero-order chi connectivity index (χ0) is 12.4. The van der Waals surface area contributed by atoms with Gasteiger partial charge in [-0.2, -0.15) is 5.10 Å². The Morgan fingerprint density at radius 2 is 2.17 bits per heavy atom. The predicted octanol–water partition coefficient (Wildman–Crippen LogP) is 2.21. The van der Waals surface area contributed by atoms with Crippen LogP contribution in [0.1, 0.15) is 10.4 Å². The molecule has 3 aromatic rings. The Balaban J connectivity index is 1.87. The number of benzene rings is 1. The molecule has 5 heteroatoms. The van der Waals surface area contributed by atoms with Crippen molar-refractivity contribution in [1.29, 1.82) is 0 Å². The maximum absolute atomic E-state index is 12.0. The molecule has 0 aliphatic rings. The van der Waals surface area contributed by atoms with Crippen molar-refractivity contribution in [1.82, 2.24) is 15.2 Å². The zero-order valence-electron chi connectivity index (χ0n) is 9.42. The minimum Gasteiger partial charge on any atom is -0.321 e. The van der Waals surface area contributed by atoms with E-state index in [1.165, 1.54) is 0 Å². The van der Waals surface area contributed by atoms with Gasteiger partial charge in [-0.1, -0.05) is 6.07 Å². The van der Waals surface area contributed by atoms with E-state index >= 15 is 0 Å². The van der Waals surface area contributed by atoms with Crippen LogP contribution < -0.4 is 5.32 Å². The third-order valence-electron chi connectivity index (χ3n) is 2.62. The van der Waals surface area contributed by atoms with Crippen molar-refractivity contribution in [3.63, 3.8) is 0 Å². The highest BCUT2D eigenvalue weighted by Crippen LogP contribution is 2.14. The molecule has 0 radical (unpaired) electrons. The lowest BCUT2D eigenvalue weighted by Gasteiger charge is -2.04. The van der Waals surface area contributed by atoms with Gasteiger partial charge < -0.3 is 5.32 Å². The number of nitrogens with one attached hydrogen (secondary N) is 2. The molecule has 0 spiro atoms. The van der Waals surface area contributed by atoms with Gasteiger partial charge in [0, 0.05) is 17.1 Å². The summed E-state index contributed by atoms with van der Waals surface area (Å²) >= 11 is 0. The summed E-state index contributed by atoms with van der Waals surface area (Å²) in [7, 11) is 0. The number of hydrogen-bond acceptors (Lipinski definition) is 3. The van der Waals surface area contributed by atoms with E-state index in [2.05, 4.69) is 20.5 Å². The zero-order valence-corrected chi connectivity index (χ0v) is 9.42. The van der Waals surface area contributed by atoms with Crippen LogP contribution in [-0.2, 0) is 0 Å². The summed E-state index contributed by atoms with van der Waals surface area (Å²) in [4.78, 5) is 15.9. The first-order valence-corrected chi connectivity index (χ1v) is 5.47. The summed E-state index contributed by atoms with van der Waals surface area (Å²) in [5.74, 6) is -0.167. The smallest absolute Gasteiger partial charge is 0.255 e. The van der Waals surface area contributed by atoms with Gasteiger partial charge in [-0.25, -0.2) is 0 Å². The van der Waals surface area contributed by atoms with Crippen LogP contribution in [0.2, 0.25) is 0 Å². The van der Waals surface area contributed by atoms with Crippen LogP contribution in [0.15, 0.2) is 48.9 Å². The molecule has 2 N–H and O–H groups in total. The SMILES string of the molecule is O=C(Nc1cccnc1)c1ccc2cn[nH]c2c1. The van der Waals surface area contributed by atoms with Gasteiger partial charge in [-0.15, -0.1) is 0 Å². The molecular formula is C13H10N4O. The van der Waals surface area contributed by atoms with Crippen molar-refractivity contribution in [3.8, 4) is 0 Å². The fourth-order valence-electron chi connectivity index (χ4n) is 1.72. The fraction of sp³-hybridized carbons (Fsp3) is 0. The highest BCUT2D eigenvalue weighted by atomic mass is 16.1. The third-order valence-corrected chi connectivity index (χ3v) is 2.62. The Kier molecular flexibility index (Phi) is 2.49. The topological polar surface area (TPSA) is 70.7 Å². The van der Waals surface area contributed by atoms with E-state index in [0.29, 0.717) is 11.3 Å². The number of nitrogens with zero attached hydrogens (tertiary/aromatic N) is 2. The average molecular weight is 238 g/mol. The van der Waals surface area contributed by atoms with Crippen molar-refractivity contribution in [2.45, 2.75) is 0 Å². The summed E-state index contributed by atoms with van der Waals surface area (Å²) in [6.45, 7) is 0. The summed E-state index contributed by atoms with van der Waals surface area (Å²) < 4.78 is 0. The maximum atomic E-state index is 12.0. The Hall–Kier alpha value is -2.69. The van der Waals surface area contributed by atoms with Crippen LogP contribution in [0.4, 0.5) is 5.69 Å². The number of aromatic nitrogens is 3. The van der Waals surface area contributed by atoms with E-state index in [-0.39, 0.29) is 5.91 Å². The van der Waals surface area contributed by atoms with Crippen molar-refractivity contribution < 1.29 is 4.79 Å². The Morgan fingerprint density at radius 1 is 1.22 bits per heavy atom. The lowest BCUT2D eigenvalue weighted by molar-refractivity contribution is 0.102. The normalized spacial score (nSPS) is 10.4. The number of fused-ring (bicyclic) bond motifs is 1. The summed E-state index contributed by atoms with van der Waals surface area (Å²) in [5, 5.41) is 10.5. The number of H-pyrrole nitrogens is 1. The Bertz CT molecular complexity index is 690. The highest BCUT2D eigenvalue weighted by molar-refractivity contribution is 6.05. The van der Waals surface area contributed by atoms with Gasteiger partial charge in [-0.05, 0) is 24.3 Å². The molecule has 3 rings (SSSR count). The quantitative estimate of drug-likeness (QED) is 0.719. The molecule has 2 heterocycles. The van der Waals surface area contributed by atoms with Gasteiger partial charge in [0.1, 0.15) is 0 Å². The van der Waals surface area contributed by atoms with Crippen molar-refractivity contribution >= 4 is 22.5 Å². The number of amides is 1. The first kappa shape index (κ1) is 10.5. The summed E-state index contributed by atoms with van der Waals surface area (Å²) in [5.41, 5.74) is 2.09. The lowest BCUT2D eigenvalue weighted by Crippen LogP contribution is -2.11.